The van der Waals surface area contributed by atoms with Crippen molar-refractivity contribution in [2.75, 3.05) is 13.2 Å². The lowest BCUT2D eigenvalue weighted by Crippen LogP contribution is -2.45. The second kappa shape index (κ2) is 57.7. The zero-order chi connectivity index (χ0) is 49.3. The van der Waals surface area contributed by atoms with Gasteiger partial charge in [0.15, 0.2) is 0 Å². The third kappa shape index (κ3) is 53.4. The van der Waals surface area contributed by atoms with Crippen LogP contribution in [0.2, 0.25) is 0 Å². The molecule has 0 fully saturated rings. The number of ether oxygens (including phenoxy) is 1. The lowest BCUT2D eigenvalue weighted by molar-refractivity contribution is -0.143. The minimum absolute atomic E-state index is 0.0142. The van der Waals surface area contributed by atoms with Crippen molar-refractivity contribution in [3.05, 3.63) is 36.5 Å². The Bertz CT molecular complexity index is 1100. The number of hydrogen-bond acceptors (Lipinski definition) is 5. The van der Waals surface area contributed by atoms with Gasteiger partial charge in [-0.1, -0.05) is 281 Å². The number of amides is 1. The van der Waals surface area contributed by atoms with Crippen molar-refractivity contribution in [3.63, 3.8) is 0 Å². The van der Waals surface area contributed by atoms with Gasteiger partial charge in [0.05, 0.1) is 25.4 Å². The van der Waals surface area contributed by atoms with Crippen LogP contribution >= 0.6 is 0 Å². The number of hydrogen-bond donors (Lipinski definition) is 3. The summed E-state index contributed by atoms with van der Waals surface area (Å²) in [6, 6.07) is -0.636. The van der Waals surface area contributed by atoms with Gasteiger partial charge in [-0.25, -0.2) is 0 Å². The average Bonchev–Trinajstić information content (AvgIpc) is 3.34. The van der Waals surface area contributed by atoms with Gasteiger partial charge in [-0.05, 0) is 64.2 Å². The van der Waals surface area contributed by atoms with Crippen LogP contribution in [0.3, 0.4) is 0 Å². The Balaban J connectivity index is 3.47. The molecule has 6 heteroatoms. The third-order valence-corrected chi connectivity index (χ3v) is 13.9. The van der Waals surface area contributed by atoms with Gasteiger partial charge >= 0.3 is 5.97 Å². The number of esters is 1. The van der Waals surface area contributed by atoms with Crippen LogP contribution in [0.4, 0.5) is 0 Å². The normalized spacial score (nSPS) is 12.8. The Morgan fingerprint density at radius 3 is 1.15 bits per heavy atom. The van der Waals surface area contributed by atoms with Gasteiger partial charge in [-0.3, -0.25) is 9.59 Å². The fourth-order valence-electron chi connectivity index (χ4n) is 9.25. The first-order valence-corrected chi connectivity index (χ1v) is 30.3. The van der Waals surface area contributed by atoms with E-state index in [0.717, 1.165) is 64.2 Å². The quantitative estimate of drug-likeness (QED) is 0.0321. The highest BCUT2D eigenvalue weighted by molar-refractivity contribution is 5.76. The first-order valence-electron chi connectivity index (χ1n) is 30.3. The fraction of sp³-hybridized carbons (Fsp3) is 0.871. The molecule has 68 heavy (non-hydrogen) atoms. The van der Waals surface area contributed by atoms with Gasteiger partial charge in [0.1, 0.15) is 0 Å². The van der Waals surface area contributed by atoms with Crippen LogP contribution in [0, 0.1) is 0 Å². The van der Waals surface area contributed by atoms with E-state index in [9.17, 15) is 19.8 Å². The van der Waals surface area contributed by atoms with Crippen molar-refractivity contribution in [1.82, 2.24) is 5.32 Å². The molecule has 0 heterocycles. The molecule has 0 radical (unpaired) electrons. The van der Waals surface area contributed by atoms with Crippen LogP contribution in [-0.2, 0) is 14.3 Å². The predicted molar refractivity (Wildman–Crippen MR) is 296 cm³/mol. The fourth-order valence-corrected chi connectivity index (χ4v) is 9.25. The van der Waals surface area contributed by atoms with Crippen LogP contribution in [-0.4, -0.2) is 47.4 Å². The maximum atomic E-state index is 12.5. The summed E-state index contributed by atoms with van der Waals surface area (Å²) in [6.07, 6.45) is 71.7. The van der Waals surface area contributed by atoms with Crippen molar-refractivity contribution in [3.8, 4) is 0 Å². The van der Waals surface area contributed by atoms with Gasteiger partial charge in [0.2, 0.25) is 5.91 Å². The van der Waals surface area contributed by atoms with Crippen molar-refractivity contribution >= 4 is 11.9 Å². The van der Waals surface area contributed by atoms with Gasteiger partial charge < -0.3 is 20.3 Å². The molecule has 0 rings (SSSR count). The largest absolute Gasteiger partial charge is 0.466 e. The molecule has 3 N–H and O–H groups in total. The van der Waals surface area contributed by atoms with E-state index < -0.39 is 12.1 Å². The molecule has 0 aliphatic rings. The number of rotatable bonds is 56. The molecule has 0 aromatic heterocycles. The highest BCUT2D eigenvalue weighted by Gasteiger charge is 2.18. The van der Waals surface area contributed by atoms with Crippen molar-refractivity contribution in [2.24, 2.45) is 0 Å². The summed E-state index contributed by atoms with van der Waals surface area (Å²) in [5.41, 5.74) is 0. The summed E-state index contributed by atoms with van der Waals surface area (Å²) >= 11 is 0. The summed E-state index contributed by atoms with van der Waals surface area (Å²) in [5, 5.41) is 23.2. The van der Waals surface area contributed by atoms with E-state index >= 15 is 0 Å². The number of allylic oxidation sites excluding steroid dienone is 5. The predicted octanol–water partition coefficient (Wildman–Crippen LogP) is 18.8. The lowest BCUT2D eigenvalue weighted by atomic mass is 10.0. The molecular weight excluding hydrogens is 839 g/mol. The Hall–Kier alpha value is -1.92. The number of aliphatic hydroxyl groups is 2. The van der Waals surface area contributed by atoms with Crippen molar-refractivity contribution in [1.29, 1.82) is 0 Å². The second-order valence-corrected chi connectivity index (χ2v) is 20.7. The summed E-state index contributed by atoms with van der Waals surface area (Å²) < 4.78 is 5.47. The standard InChI is InChI=1S/C62H117NO5/c1-3-5-7-9-11-13-15-17-19-20-21-22-23-24-27-30-34-38-42-46-50-54-60(65)59(58-64)63-61(66)55-51-47-43-39-35-31-28-25-29-33-37-41-45-49-53-57-68-62(67)56-52-48-44-40-36-32-26-18-16-14-12-10-8-6-4-2/h12,14,18,26,50,54,59-60,64-65H,3-11,13,15-17,19-25,27-49,51-53,55-58H2,1-2H3,(H,63,66)/b14-12-,26-18-,54-50+. The van der Waals surface area contributed by atoms with Crippen LogP contribution in [0.25, 0.3) is 0 Å². The molecule has 6 nitrogen and oxygen atoms in total. The van der Waals surface area contributed by atoms with Crippen LogP contribution in [0.1, 0.15) is 322 Å². The summed E-state index contributed by atoms with van der Waals surface area (Å²) in [5.74, 6) is -0.0889. The number of carbonyl (C=O) groups is 2. The molecular formula is C62H117NO5. The molecule has 0 bridgehead atoms. The third-order valence-electron chi connectivity index (χ3n) is 13.9. The Morgan fingerprint density at radius 2 is 0.735 bits per heavy atom. The van der Waals surface area contributed by atoms with Crippen LogP contribution < -0.4 is 5.32 Å². The second-order valence-electron chi connectivity index (χ2n) is 20.7. The highest BCUT2D eigenvalue weighted by Crippen LogP contribution is 2.17. The summed E-state index contributed by atoms with van der Waals surface area (Å²) in [7, 11) is 0. The highest BCUT2D eigenvalue weighted by atomic mass is 16.5. The molecule has 0 saturated carbocycles. The van der Waals surface area contributed by atoms with Gasteiger partial charge in [-0.15, -0.1) is 0 Å². The molecule has 0 spiro atoms. The minimum atomic E-state index is -0.852. The van der Waals surface area contributed by atoms with E-state index in [-0.39, 0.29) is 18.5 Å². The maximum Gasteiger partial charge on any atom is 0.305 e. The van der Waals surface area contributed by atoms with Gasteiger partial charge in [0, 0.05) is 12.8 Å². The molecule has 1 amide bonds. The van der Waals surface area contributed by atoms with E-state index in [2.05, 4.69) is 43.5 Å². The zero-order valence-electron chi connectivity index (χ0n) is 45.6. The Labute approximate surface area is 424 Å². The molecule has 0 aromatic rings. The minimum Gasteiger partial charge on any atom is -0.466 e. The topological polar surface area (TPSA) is 95.9 Å². The van der Waals surface area contributed by atoms with Gasteiger partial charge in [0.25, 0.3) is 0 Å². The lowest BCUT2D eigenvalue weighted by Gasteiger charge is -2.20. The first kappa shape index (κ1) is 66.1. The smallest absolute Gasteiger partial charge is 0.305 e. The van der Waals surface area contributed by atoms with E-state index in [0.29, 0.717) is 19.4 Å². The molecule has 0 saturated heterocycles. The van der Waals surface area contributed by atoms with Gasteiger partial charge in [-0.2, -0.15) is 0 Å². The Morgan fingerprint density at radius 1 is 0.412 bits per heavy atom. The van der Waals surface area contributed by atoms with E-state index in [1.807, 2.05) is 6.08 Å². The molecule has 0 aromatic carbocycles. The molecule has 400 valence electrons. The first-order chi connectivity index (χ1) is 33.5. The van der Waals surface area contributed by atoms with Crippen LogP contribution in [0.5, 0.6) is 0 Å². The summed E-state index contributed by atoms with van der Waals surface area (Å²) in [4.78, 5) is 24.5. The molecule has 2 atom stereocenters. The van der Waals surface area contributed by atoms with E-state index in [1.54, 1.807) is 6.08 Å². The molecule has 2 unspecified atom stereocenters. The maximum absolute atomic E-state index is 12.5. The monoisotopic (exact) mass is 956 g/mol. The van der Waals surface area contributed by atoms with Crippen LogP contribution in [0.15, 0.2) is 36.5 Å². The zero-order valence-corrected chi connectivity index (χ0v) is 45.6. The van der Waals surface area contributed by atoms with Crippen molar-refractivity contribution in [2.45, 2.75) is 334 Å². The van der Waals surface area contributed by atoms with E-state index in [1.165, 1.54) is 231 Å². The summed E-state index contributed by atoms with van der Waals surface area (Å²) in [6.45, 7) is 4.87. The molecule has 0 aliphatic heterocycles. The number of aliphatic hydroxyl groups excluding tert-OH is 2. The average molecular weight is 957 g/mol. The molecule has 0 aliphatic carbocycles. The SMILES string of the molecule is CCCCC/C=C\C/C=C\CCCCCCCC(=O)OCCCCCCCCCCCCCCCCCC(=O)NC(CO)C(O)/C=C/CCCCCCCCCCCCCCCCCCCCC. The number of carbonyl (C=O) groups excluding carboxylic acids is 2. The number of unbranched alkanes of at least 4 members (excludes halogenated alkanes) is 41. The van der Waals surface area contributed by atoms with Crippen molar-refractivity contribution < 1.29 is 24.5 Å². The van der Waals surface area contributed by atoms with E-state index in [4.69, 9.17) is 4.74 Å². The number of nitrogens with one attached hydrogen (secondary N) is 1. The Kier molecular flexibility index (Phi) is 56.0.